The molecule has 0 unspecified atom stereocenters. The Bertz CT molecular complexity index is 1490. The second-order valence-electron chi connectivity index (χ2n) is 7.66. The molecule has 0 atom stereocenters. The minimum atomic E-state index is -1.13. The summed E-state index contributed by atoms with van der Waals surface area (Å²) in [6.45, 7) is 3.72. The van der Waals surface area contributed by atoms with Crippen molar-refractivity contribution in [2.75, 3.05) is 7.11 Å². The number of hydrogen-bond acceptors (Lipinski definition) is 7. The first-order chi connectivity index (χ1) is 17.2. The van der Waals surface area contributed by atoms with Crippen LogP contribution in [-0.4, -0.2) is 42.9 Å². The first-order valence-electron chi connectivity index (χ1n) is 10.5. The number of aromatic nitrogens is 4. The van der Waals surface area contributed by atoms with Gasteiger partial charge in [0.2, 0.25) is 5.16 Å². The normalized spacial score (nSPS) is 11.5. The topological polar surface area (TPSA) is 136 Å². The van der Waals surface area contributed by atoms with Gasteiger partial charge in [-0.2, -0.15) is 0 Å². The molecule has 0 bridgehead atoms. The molecule has 0 aliphatic carbocycles. The number of non-ortho nitro benzene ring substituents is 1. The van der Waals surface area contributed by atoms with Crippen molar-refractivity contribution in [1.82, 2.24) is 19.7 Å². The SMILES string of the molecule is COc1ccc(Cl)cc1-c1nc(S/C(=C\c2cc(C)n(-c3ccc([N+](=O)[O-])cc3)c2C)C(=O)O)n[nH]1. The third-order valence-corrected chi connectivity index (χ3v) is 6.48. The number of aromatic amines is 1. The maximum Gasteiger partial charge on any atom is 0.342 e. The lowest BCUT2D eigenvalue weighted by Crippen LogP contribution is -2.00. The Morgan fingerprint density at radius 3 is 2.58 bits per heavy atom. The van der Waals surface area contributed by atoms with Crippen LogP contribution in [0.25, 0.3) is 23.2 Å². The molecule has 2 aromatic carbocycles. The fourth-order valence-electron chi connectivity index (χ4n) is 3.71. The zero-order valence-electron chi connectivity index (χ0n) is 19.4. The largest absolute Gasteiger partial charge is 0.496 e. The van der Waals surface area contributed by atoms with E-state index in [4.69, 9.17) is 16.3 Å². The van der Waals surface area contributed by atoms with Gasteiger partial charge in [0.15, 0.2) is 5.82 Å². The average Bonchev–Trinajstić information content (AvgIpc) is 3.42. The number of aryl methyl sites for hydroxylation is 1. The van der Waals surface area contributed by atoms with E-state index in [2.05, 4.69) is 15.2 Å². The summed E-state index contributed by atoms with van der Waals surface area (Å²) in [5.41, 5.74) is 3.62. The number of nitro groups is 1. The van der Waals surface area contributed by atoms with E-state index in [1.807, 2.05) is 24.5 Å². The number of rotatable bonds is 8. The molecule has 0 saturated carbocycles. The molecule has 4 rings (SSSR count). The highest BCUT2D eigenvalue weighted by Gasteiger charge is 2.18. The van der Waals surface area contributed by atoms with Crippen LogP contribution in [0.1, 0.15) is 17.0 Å². The number of nitrogens with one attached hydrogen (secondary N) is 1. The van der Waals surface area contributed by atoms with Gasteiger partial charge in [0.05, 0.1) is 17.6 Å². The van der Waals surface area contributed by atoms with Crippen molar-refractivity contribution in [1.29, 1.82) is 0 Å². The Labute approximate surface area is 214 Å². The molecular formula is C24H20ClN5O5S. The number of halogens is 1. The fourth-order valence-corrected chi connectivity index (χ4v) is 4.58. The summed E-state index contributed by atoms with van der Waals surface area (Å²) >= 11 is 7.00. The summed E-state index contributed by atoms with van der Waals surface area (Å²) in [5, 5.41) is 28.4. The molecule has 0 amide bonds. The maximum atomic E-state index is 12.0. The molecule has 2 aromatic heterocycles. The number of benzene rings is 2. The zero-order chi connectivity index (χ0) is 26.0. The predicted octanol–water partition coefficient (Wildman–Crippen LogP) is 5.67. The minimum absolute atomic E-state index is 0.00726. The van der Waals surface area contributed by atoms with E-state index >= 15 is 0 Å². The standard InChI is InChI=1S/C24H20ClN5O5S/c1-13-10-15(14(2)29(13)17-5-7-18(8-6-17)30(33)34)11-21(23(31)32)36-24-26-22(27-28-24)19-12-16(25)4-9-20(19)35-3/h4-12H,1-3H3,(H,31,32)(H,26,27,28)/b21-11-. The Morgan fingerprint density at radius 1 is 1.22 bits per heavy atom. The van der Waals surface area contributed by atoms with E-state index in [1.54, 1.807) is 36.4 Å². The molecule has 2 heterocycles. The summed E-state index contributed by atoms with van der Waals surface area (Å²) in [4.78, 5) is 27.0. The van der Waals surface area contributed by atoms with Crippen molar-refractivity contribution < 1.29 is 19.6 Å². The molecule has 0 spiro atoms. The quantitative estimate of drug-likeness (QED) is 0.130. The van der Waals surface area contributed by atoms with Crippen molar-refractivity contribution in [3.05, 3.63) is 85.5 Å². The molecule has 0 fully saturated rings. The van der Waals surface area contributed by atoms with Gasteiger partial charge in [0.1, 0.15) is 10.7 Å². The molecule has 36 heavy (non-hydrogen) atoms. The number of thioether (sulfide) groups is 1. The second kappa shape index (κ2) is 10.3. The van der Waals surface area contributed by atoms with Gasteiger partial charge < -0.3 is 14.4 Å². The zero-order valence-corrected chi connectivity index (χ0v) is 20.9. The summed E-state index contributed by atoms with van der Waals surface area (Å²) in [6.07, 6.45) is 1.55. The number of aliphatic carboxylic acids is 1. The van der Waals surface area contributed by atoms with Crippen LogP contribution in [0.15, 0.2) is 58.6 Å². The van der Waals surface area contributed by atoms with Gasteiger partial charge >= 0.3 is 5.97 Å². The number of hydrogen-bond donors (Lipinski definition) is 2. The Kier molecular flexibility index (Phi) is 7.13. The first-order valence-corrected chi connectivity index (χ1v) is 11.7. The lowest BCUT2D eigenvalue weighted by atomic mass is 10.2. The molecule has 0 aliphatic heterocycles. The van der Waals surface area contributed by atoms with Crippen LogP contribution in [0.3, 0.4) is 0 Å². The van der Waals surface area contributed by atoms with Crippen molar-refractivity contribution >= 4 is 41.1 Å². The monoisotopic (exact) mass is 525 g/mol. The van der Waals surface area contributed by atoms with Gasteiger partial charge in [-0.25, -0.2) is 9.78 Å². The van der Waals surface area contributed by atoms with Crippen LogP contribution < -0.4 is 4.74 Å². The van der Waals surface area contributed by atoms with Gasteiger partial charge in [-0.15, -0.1) is 5.10 Å². The van der Waals surface area contributed by atoms with Crippen molar-refractivity contribution in [3.63, 3.8) is 0 Å². The van der Waals surface area contributed by atoms with Crippen molar-refractivity contribution in [3.8, 4) is 22.8 Å². The second-order valence-corrected chi connectivity index (χ2v) is 9.11. The summed E-state index contributed by atoms with van der Waals surface area (Å²) in [6, 6.07) is 13.1. The molecule has 184 valence electrons. The van der Waals surface area contributed by atoms with E-state index < -0.39 is 10.9 Å². The van der Waals surface area contributed by atoms with Gasteiger partial charge in [0, 0.05) is 34.2 Å². The fraction of sp³-hybridized carbons (Fsp3) is 0.125. The highest BCUT2D eigenvalue weighted by Crippen LogP contribution is 2.33. The average molecular weight is 526 g/mol. The van der Waals surface area contributed by atoms with Crippen molar-refractivity contribution in [2.24, 2.45) is 0 Å². The molecule has 2 N–H and O–H groups in total. The molecule has 0 aliphatic rings. The molecule has 4 aromatic rings. The minimum Gasteiger partial charge on any atom is -0.496 e. The number of carbonyl (C=O) groups is 1. The van der Waals surface area contributed by atoms with E-state index in [9.17, 15) is 20.0 Å². The molecule has 0 radical (unpaired) electrons. The van der Waals surface area contributed by atoms with Gasteiger partial charge in [0.25, 0.3) is 5.69 Å². The van der Waals surface area contributed by atoms with Crippen molar-refractivity contribution in [2.45, 2.75) is 19.0 Å². The number of nitro benzene ring substituents is 1. The van der Waals surface area contributed by atoms with Crippen LogP contribution in [-0.2, 0) is 4.79 Å². The Balaban J connectivity index is 1.65. The van der Waals surface area contributed by atoms with Crippen LogP contribution in [0.5, 0.6) is 5.75 Å². The number of ether oxygens (including phenoxy) is 1. The number of carboxylic acids is 1. The number of carboxylic acid groups (broad SMARTS) is 1. The third-order valence-electron chi connectivity index (χ3n) is 5.37. The molecule has 10 nitrogen and oxygen atoms in total. The third kappa shape index (κ3) is 5.11. The maximum absolute atomic E-state index is 12.0. The lowest BCUT2D eigenvalue weighted by molar-refractivity contribution is -0.384. The molecule has 0 saturated heterocycles. The predicted molar refractivity (Wildman–Crippen MR) is 137 cm³/mol. The van der Waals surface area contributed by atoms with E-state index in [0.717, 1.165) is 28.8 Å². The first kappa shape index (κ1) is 25.0. The summed E-state index contributed by atoms with van der Waals surface area (Å²) < 4.78 is 7.25. The number of H-pyrrole nitrogens is 1. The molecular weight excluding hydrogens is 506 g/mol. The van der Waals surface area contributed by atoms with E-state index in [0.29, 0.717) is 27.7 Å². The molecule has 12 heteroatoms. The number of methoxy groups -OCH3 is 1. The van der Waals surface area contributed by atoms with Crippen LogP contribution in [0, 0.1) is 24.0 Å². The Hall–Kier alpha value is -4.09. The van der Waals surface area contributed by atoms with Gasteiger partial charge in [-0.3, -0.25) is 15.2 Å². The highest BCUT2D eigenvalue weighted by atomic mass is 35.5. The Morgan fingerprint density at radius 2 is 1.94 bits per heavy atom. The summed E-state index contributed by atoms with van der Waals surface area (Å²) in [5.74, 6) is -0.204. The lowest BCUT2D eigenvalue weighted by Gasteiger charge is -2.09. The summed E-state index contributed by atoms with van der Waals surface area (Å²) in [7, 11) is 1.52. The van der Waals surface area contributed by atoms with Gasteiger partial charge in [-0.05, 0) is 73.6 Å². The van der Waals surface area contributed by atoms with Crippen LogP contribution >= 0.6 is 23.4 Å². The highest BCUT2D eigenvalue weighted by molar-refractivity contribution is 8.04. The van der Waals surface area contributed by atoms with Crippen LogP contribution in [0.2, 0.25) is 5.02 Å². The van der Waals surface area contributed by atoms with Gasteiger partial charge in [-0.1, -0.05) is 11.6 Å². The van der Waals surface area contributed by atoms with E-state index in [-0.39, 0.29) is 15.7 Å². The smallest absolute Gasteiger partial charge is 0.342 e. The van der Waals surface area contributed by atoms with Crippen LogP contribution in [0.4, 0.5) is 5.69 Å². The number of nitrogens with zero attached hydrogens (tertiary/aromatic N) is 4. The van der Waals surface area contributed by atoms with E-state index in [1.165, 1.54) is 19.2 Å².